The first-order valence-electron chi connectivity index (χ1n) is 6.65. The number of aryl methyl sites for hydroxylation is 1. The maximum atomic E-state index is 4.14. The number of fused-ring (bicyclic) bond motifs is 1. The second-order valence-electron chi connectivity index (χ2n) is 4.84. The Morgan fingerprint density at radius 1 is 1.37 bits per heavy atom. The fourth-order valence-corrected chi connectivity index (χ4v) is 3.05. The van der Waals surface area contributed by atoms with Crippen LogP contribution in [-0.2, 0) is 19.4 Å². The van der Waals surface area contributed by atoms with Crippen molar-refractivity contribution in [2.24, 2.45) is 0 Å². The van der Waals surface area contributed by atoms with E-state index in [4.69, 9.17) is 0 Å². The minimum absolute atomic E-state index is 0.815. The Kier molecular flexibility index (Phi) is 3.38. The SMILES string of the molecule is CCc1nnc(NCc2ccc3c(c2)CCN3C)s1. The van der Waals surface area contributed by atoms with E-state index in [1.54, 1.807) is 11.3 Å². The quantitative estimate of drug-likeness (QED) is 0.930. The molecule has 0 fully saturated rings. The van der Waals surface area contributed by atoms with Gasteiger partial charge >= 0.3 is 0 Å². The Morgan fingerprint density at radius 2 is 2.26 bits per heavy atom. The fraction of sp³-hybridized carbons (Fsp3) is 0.429. The first-order valence-corrected chi connectivity index (χ1v) is 7.47. The van der Waals surface area contributed by atoms with Gasteiger partial charge in [0.25, 0.3) is 0 Å². The van der Waals surface area contributed by atoms with Gasteiger partial charge in [0.2, 0.25) is 5.13 Å². The molecule has 0 radical (unpaired) electrons. The van der Waals surface area contributed by atoms with E-state index in [2.05, 4.69) is 52.6 Å². The predicted molar refractivity (Wildman–Crippen MR) is 80.0 cm³/mol. The zero-order chi connectivity index (χ0) is 13.2. The van der Waals surface area contributed by atoms with Crippen LogP contribution in [-0.4, -0.2) is 23.8 Å². The second kappa shape index (κ2) is 5.17. The van der Waals surface area contributed by atoms with Crippen molar-refractivity contribution in [2.75, 3.05) is 23.8 Å². The summed E-state index contributed by atoms with van der Waals surface area (Å²) in [6.45, 7) is 4.04. The molecule has 19 heavy (non-hydrogen) atoms. The van der Waals surface area contributed by atoms with Crippen molar-refractivity contribution in [3.05, 3.63) is 34.3 Å². The maximum absolute atomic E-state index is 4.14. The molecule has 0 bridgehead atoms. The highest BCUT2D eigenvalue weighted by molar-refractivity contribution is 7.15. The third-order valence-electron chi connectivity index (χ3n) is 3.48. The van der Waals surface area contributed by atoms with Crippen molar-refractivity contribution in [3.63, 3.8) is 0 Å². The van der Waals surface area contributed by atoms with Gasteiger partial charge in [-0.1, -0.05) is 30.4 Å². The topological polar surface area (TPSA) is 41.1 Å². The molecule has 0 atom stereocenters. The van der Waals surface area contributed by atoms with E-state index < -0.39 is 0 Å². The largest absolute Gasteiger partial charge is 0.374 e. The molecule has 0 aliphatic carbocycles. The summed E-state index contributed by atoms with van der Waals surface area (Å²) in [5, 5.41) is 13.6. The van der Waals surface area contributed by atoms with E-state index in [1.807, 2.05) is 0 Å². The molecule has 0 amide bonds. The summed E-state index contributed by atoms with van der Waals surface area (Å²) in [7, 11) is 2.15. The number of benzene rings is 1. The van der Waals surface area contributed by atoms with Crippen LogP contribution in [0.2, 0.25) is 0 Å². The summed E-state index contributed by atoms with van der Waals surface area (Å²) in [6, 6.07) is 6.71. The molecule has 2 aromatic rings. The standard InChI is InChI=1S/C14H18N4S/c1-3-13-16-17-14(19-13)15-9-10-4-5-12-11(8-10)6-7-18(12)2/h4-5,8H,3,6-7,9H2,1-2H3,(H,15,17). The van der Waals surface area contributed by atoms with Crippen LogP contribution in [0.25, 0.3) is 0 Å². The van der Waals surface area contributed by atoms with Crippen LogP contribution >= 0.6 is 11.3 Å². The third kappa shape index (κ3) is 2.56. The lowest BCUT2D eigenvalue weighted by Crippen LogP contribution is -2.12. The van der Waals surface area contributed by atoms with Crippen molar-refractivity contribution in [3.8, 4) is 0 Å². The number of aromatic nitrogens is 2. The summed E-state index contributed by atoms with van der Waals surface area (Å²) in [6.07, 6.45) is 2.10. The Morgan fingerprint density at radius 3 is 3.05 bits per heavy atom. The molecule has 1 aliphatic heterocycles. The Bertz CT molecular complexity index is 579. The number of rotatable bonds is 4. The molecule has 1 aromatic heterocycles. The van der Waals surface area contributed by atoms with Crippen molar-refractivity contribution >= 4 is 22.2 Å². The number of nitrogens with one attached hydrogen (secondary N) is 1. The van der Waals surface area contributed by atoms with Gasteiger partial charge in [0.05, 0.1) is 0 Å². The zero-order valence-corrected chi connectivity index (χ0v) is 12.1. The molecule has 0 spiro atoms. The van der Waals surface area contributed by atoms with Crippen LogP contribution in [0.15, 0.2) is 18.2 Å². The van der Waals surface area contributed by atoms with Crippen LogP contribution in [0, 0.1) is 0 Å². The number of anilines is 2. The van der Waals surface area contributed by atoms with Gasteiger partial charge in [-0.2, -0.15) is 0 Å². The minimum atomic E-state index is 0.815. The highest BCUT2D eigenvalue weighted by Gasteiger charge is 2.15. The monoisotopic (exact) mass is 274 g/mol. The number of likely N-dealkylation sites (N-methyl/N-ethyl adjacent to an activating group) is 1. The molecule has 2 heterocycles. The molecule has 1 N–H and O–H groups in total. The Balaban J connectivity index is 1.67. The normalized spacial score (nSPS) is 13.7. The van der Waals surface area contributed by atoms with Gasteiger partial charge in [-0.25, -0.2) is 0 Å². The van der Waals surface area contributed by atoms with Crippen molar-refractivity contribution in [1.29, 1.82) is 0 Å². The van der Waals surface area contributed by atoms with E-state index in [-0.39, 0.29) is 0 Å². The van der Waals surface area contributed by atoms with Crippen LogP contribution in [0.4, 0.5) is 10.8 Å². The van der Waals surface area contributed by atoms with E-state index in [1.165, 1.54) is 16.8 Å². The lowest BCUT2D eigenvalue weighted by atomic mass is 10.1. The molecule has 4 nitrogen and oxygen atoms in total. The highest BCUT2D eigenvalue weighted by Crippen LogP contribution is 2.27. The smallest absolute Gasteiger partial charge is 0.205 e. The molecule has 3 rings (SSSR count). The number of hydrogen-bond donors (Lipinski definition) is 1. The molecular formula is C14H18N4S. The lowest BCUT2D eigenvalue weighted by Gasteiger charge is -2.12. The predicted octanol–water partition coefficient (Wildman–Crippen LogP) is 2.70. The van der Waals surface area contributed by atoms with Gasteiger partial charge in [0.1, 0.15) is 5.01 Å². The zero-order valence-electron chi connectivity index (χ0n) is 11.3. The third-order valence-corrected chi connectivity index (χ3v) is 4.51. The summed E-state index contributed by atoms with van der Waals surface area (Å²) in [5.74, 6) is 0. The molecule has 5 heteroatoms. The number of hydrogen-bond acceptors (Lipinski definition) is 5. The van der Waals surface area contributed by atoms with E-state index in [0.717, 1.165) is 36.1 Å². The molecule has 1 aromatic carbocycles. The highest BCUT2D eigenvalue weighted by atomic mass is 32.1. The van der Waals surface area contributed by atoms with Gasteiger partial charge in [-0.05, 0) is 30.0 Å². The Labute approximate surface area is 117 Å². The van der Waals surface area contributed by atoms with Crippen molar-refractivity contribution in [1.82, 2.24) is 10.2 Å². The Hall–Kier alpha value is -1.62. The molecule has 0 saturated carbocycles. The summed E-state index contributed by atoms with van der Waals surface area (Å²) < 4.78 is 0. The summed E-state index contributed by atoms with van der Waals surface area (Å²) in [5.41, 5.74) is 4.13. The number of nitrogens with zero attached hydrogens (tertiary/aromatic N) is 3. The first kappa shape index (κ1) is 12.4. The lowest BCUT2D eigenvalue weighted by molar-refractivity contribution is 0.955. The average Bonchev–Trinajstić information content (AvgIpc) is 3.03. The van der Waals surface area contributed by atoms with Crippen LogP contribution in [0.3, 0.4) is 0 Å². The molecule has 0 unspecified atom stereocenters. The van der Waals surface area contributed by atoms with Crippen molar-refractivity contribution < 1.29 is 0 Å². The van der Waals surface area contributed by atoms with Crippen LogP contribution in [0.5, 0.6) is 0 Å². The van der Waals surface area contributed by atoms with E-state index >= 15 is 0 Å². The van der Waals surface area contributed by atoms with Gasteiger partial charge in [-0.15, -0.1) is 10.2 Å². The minimum Gasteiger partial charge on any atom is -0.374 e. The summed E-state index contributed by atoms with van der Waals surface area (Å²) in [4.78, 5) is 2.31. The fourth-order valence-electron chi connectivity index (χ4n) is 2.38. The average molecular weight is 274 g/mol. The van der Waals surface area contributed by atoms with E-state index in [0.29, 0.717) is 0 Å². The van der Waals surface area contributed by atoms with Gasteiger partial charge in [-0.3, -0.25) is 0 Å². The van der Waals surface area contributed by atoms with Gasteiger partial charge in [0.15, 0.2) is 0 Å². The first-order chi connectivity index (χ1) is 9.26. The van der Waals surface area contributed by atoms with Crippen LogP contribution in [0.1, 0.15) is 23.1 Å². The van der Waals surface area contributed by atoms with Crippen molar-refractivity contribution in [2.45, 2.75) is 26.3 Å². The van der Waals surface area contributed by atoms with Gasteiger partial charge < -0.3 is 10.2 Å². The van der Waals surface area contributed by atoms with Crippen LogP contribution < -0.4 is 10.2 Å². The molecule has 1 aliphatic rings. The molecular weight excluding hydrogens is 256 g/mol. The summed E-state index contributed by atoms with van der Waals surface area (Å²) >= 11 is 1.64. The van der Waals surface area contributed by atoms with E-state index in [9.17, 15) is 0 Å². The molecule has 0 saturated heterocycles. The maximum Gasteiger partial charge on any atom is 0.205 e. The van der Waals surface area contributed by atoms with Gasteiger partial charge in [0, 0.05) is 25.8 Å². The second-order valence-corrected chi connectivity index (χ2v) is 5.90. The molecule has 100 valence electrons.